The number of nitrogens with one attached hydrogen (secondary N) is 1. The number of primary amides is 1. The van der Waals surface area contributed by atoms with Crippen molar-refractivity contribution in [2.24, 2.45) is 5.73 Å². The Hall–Kier alpha value is -2.67. The van der Waals surface area contributed by atoms with Crippen molar-refractivity contribution < 1.29 is 9.53 Å². The first kappa shape index (κ1) is 17.7. The zero-order valence-corrected chi connectivity index (χ0v) is 14.0. The highest BCUT2D eigenvalue weighted by Crippen LogP contribution is 2.20. The van der Waals surface area contributed by atoms with Gasteiger partial charge in [0.05, 0.1) is 13.2 Å². The Morgan fingerprint density at radius 2 is 1.83 bits per heavy atom. The molecule has 1 aliphatic rings. The van der Waals surface area contributed by atoms with Crippen LogP contribution >= 0.6 is 0 Å². The van der Waals surface area contributed by atoms with Crippen molar-refractivity contribution in [1.29, 1.82) is 0 Å². The van der Waals surface area contributed by atoms with E-state index in [1.54, 1.807) is 0 Å². The molecule has 1 aromatic heterocycles. The number of rotatable bonds is 4. The van der Waals surface area contributed by atoms with Crippen molar-refractivity contribution in [3.8, 4) is 0 Å². The molecule has 3 rings (SSSR count). The Morgan fingerprint density at radius 1 is 1.17 bits per heavy atom. The number of ether oxygens (including phenoxy) is 1. The molecule has 0 aliphatic carbocycles. The Balaban J connectivity index is 0.00000100. The van der Waals surface area contributed by atoms with E-state index in [4.69, 9.17) is 10.5 Å². The van der Waals surface area contributed by atoms with E-state index < -0.39 is 5.91 Å². The Labute approximate surface area is 141 Å². The van der Waals surface area contributed by atoms with Crippen molar-refractivity contribution in [2.45, 2.75) is 13.8 Å². The second kappa shape index (κ2) is 8.83. The molecule has 2 aromatic rings. The van der Waals surface area contributed by atoms with Gasteiger partial charge in [-0.25, -0.2) is 9.97 Å². The third-order valence-corrected chi connectivity index (χ3v) is 3.41. The number of carbonyl (C=O) groups excluding carboxylic acids is 1. The average Bonchev–Trinajstić information content (AvgIpc) is 2.65. The Kier molecular flexibility index (Phi) is 6.51. The molecule has 0 unspecified atom stereocenters. The lowest BCUT2D eigenvalue weighted by Gasteiger charge is -2.28. The lowest BCUT2D eigenvalue weighted by atomic mass is 10.2. The summed E-state index contributed by atoms with van der Waals surface area (Å²) in [5.74, 6) is -0.233. The van der Waals surface area contributed by atoms with Crippen molar-refractivity contribution in [2.75, 3.05) is 36.5 Å². The molecule has 0 bridgehead atoms. The van der Waals surface area contributed by atoms with Crippen LogP contribution in [-0.4, -0.2) is 42.2 Å². The van der Waals surface area contributed by atoms with E-state index in [9.17, 15) is 4.79 Å². The fourth-order valence-electron chi connectivity index (χ4n) is 2.26. The van der Waals surface area contributed by atoms with E-state index in [1.807, 2.05) is 38.1 Å². The van der Waals surface area contributed by atoms with Crippen LogP contribution in [0, 0.1) is 0 Å². The smallest absolute Gasteiger partial charge is 0.267 e. The second-order valence-corrected chi connectivity index (χ2v) is 4.90. The van der Waals surface area contributed by atoms with Crippen LogP contribution in [-0.2, 0) is 4.74 Å². The largest absolute Gasteiger partial charge is 0.378 e. The zero-order valence-electron chi connectivity index (χ0n) is 14.0. The summed E-state index contributed by atoms with van der Waals surface area (Å²) in [5.41, 5.74) is 7.39. The molecule has 3 N–H and O–H groups in total. The summed E-state index contributed by atoms with van der Waals surface area (Å²) in [6.07, 6.45) is 1.50. The van der Waals surface area contributed by atoms with Crippen LogP contribution in [0.4, 0.5) is 17.3 Å². The third kappa shape index (κ3) is 4.66. The second-order valence-electron chi connectivity index (χ2n) is 4.90. The van der Waals surface area contributed by atoms with Crippen LogP contribution in [0.25, 0.3) is 0 Å². The molecule has 0 radical (unpaired) electrons. The molecule has 0 spiro atoms. The lowest BCUT2D eigenvalue weighted by Crippen LogP contribution is -2.36. The van der Waals surface area contributed by atoms with Gasteiger partial charge in [0.1, 0.15) is 5.69 Å². The van der Waals surface area contributed by atoms with Gasteiger partial charge in [0.15, 0.2) is 0 Å². The topological polar surface area (TPSA) is 93.4 Å². The van der Waals surface area contributed by atoms with Gasteiger partial charge in [0.25, 0.3) is 5.91 Å². The van der Waals surface area contributed by atoms with Gasteiger partial charge in [0, 0.05) is 30.7 Å². The van der Waals surface area contributed by atoms with Gasteiger partial charge >= 0.3 is 0 Å². The Morgan fingerprint density at radius 3 is 2.46 bits per heavy atom. The van der Waals surface area contributed by atoms with Crippen molar-refractivity contribution in [3.63, 3.8) is 0 Å². The predicted molar refractivity (Wildman–Crippen MR) is 94.7 cm³/mol. The number of benzene rings is 1. The number of aromatic nitrogens is 2. The summed E-state index contributed by atoms with van der Waals surface area (Å²) >= 11 is 0. The summed E-state index contributed by atoms with van der Waals surface area (Å²) in [6.45, 7) is 7.31. The molecule has 1 amide bonds. The molecule has 0 atom stereocenters. The molecule has 7 heteroatoms. The first-order valence-corrected chi connectivity index (χ1v) is 8.05. The van der Waals surface area contributed by atoms with Crippen molar-refractivity contribution in [3.05, 3.63) is 42.2 Å². The van der Waals surface area contributed by atoms with Crippen molar-refractivity contribution >= 4 is 23.2 Å². The normalized spacial score (nSPS) is 13.7. The van der Waals surface area contributed by atoms with E-state index in [0.29, 0.717) is 5.95 Å². The van der Waals surface area contributed by atoms with E-state index in [-0.39, 0.29) is 5.69 Å². The highest BCUT2D eigenvalue weighted by atomic mass is 16.5. The molecule has 128 valence electrons. The van der Waals surface area contributed by atoms with Gasteiger partial charge in [-0.2, -0.15) is 0 Å². The minimum Gasteiger partial charge on any atom is -0.378 e. The van der Waals surface area contributed by atoms with E-state index in [1.165, 1.54) is 12.3 Å². The molecule has 1 saturated heterocycles. The quantitative estimate of drug-likeness (QED) is 0.893. The average molecular weight is 329 g/mol. The molecule has 2 heterocycles. The minimum absolute atomic E-state index is 0.183. The number of amides is 1. The summed E-state index contributed by atoms with van der Waals surface area (Å²) in [5, 5.41) is 3.06. The number of nitrogens with zero attached hydrogens (tertiary/aromatic N) is 3. The van der Waals surface area contributed by atoms with Crippen LogP contribution in [0.15, 0.2) is 36.5 Å². The van der Waals surface area contributed by atoms with Gasteiger partial charge in [-0.3, -0.25) is 4.79 Å². The first-order valence-electron chi connectivity index (χ1n) is 8.05. The number of nitrogens with two attached hydrogens (primary N) is 1. The Bertz CT molecular complexity index is 654. The maximum absolute atomic E-state index is 11.1. The predicted octanol–water partition coefficient (Wildman–Crippen LogP) is 2.18. The van der Waals surface area contributed by atoms with Gasteiger partial charge in [-0.15, -0.1) is 0 Å². The van der Waals surface area contributed by atoms with Crippen LogP contribution in [0.5, 0.6) is 0 Å². The monoisotopic (exact) mass is 329 g/mol. The molecule has 0 saturated carbocycles. The summed E-state index contributed by atoms with van der Waals surface area (Å²) in [4.78, 5) is 21.5. The van der Waals surface area contributed by atoms with E-state index in [2.05, 4.69) is 20.2 Å². The minimum atomic E-state index is -0.576. The van der Waals surface area contributed by atoms with E-state index in [0.717, 1.165) is 37.7 Å². The van der Waals surface area contributed by atoms with Gasteiger partial charge in [0.2, 0.25) is 5.95 Å². The van der Waals surface area contributed by atoms with Gasteiger partial charge in [-0.05, 0) is 30.3 Å². The molecule has 1 fully saturated rings. The fraction of sp³-hybridized carbons (Fsp3) is 0.353. The third-order valence-electron chi connectivity index (χ3n) is 3.41. The van der Waals surface area contributed by atoms with Crippen molar-refractivity contribution in [1.82, 2.24) is 9.97 Å². The van der Waals surface area contributed by atoms with Gasteiger partial charge < -0.3 is 20.7 Å². The molecule has 7 nitrogen and oxygen atoms in total. The number of carbonyl (C=O) groups is 1. The van der Waals surface area contributed by atoms with Crippen LogP contribution in [0.1, 0.15) is 24.3 Å². The zero-order chi connectivity index (χ0) is 17.4. The van der Waals surface area contributed by atoms with Crippen LogP contribution in [0.3, 0.4) is 0 Å². The van der Waals surface area contributed by atoms with E-state index >= 15 is 0 Å². The van der Waals surface area contributed by atoms with Gasteiger partial charge in [-0.1, -0.05) is 13.8 Å². The van der Waals surface area contributed by atoms with Crippen LogP contribution < -0.4 is 16.0 Å². The number of morpholine rings is 1. The number of hydrogen-bond acceptors (Lipinski definition) is 6. The summed E-state index contributed by atoms with van der Waals surface area (Å²) < 4.78 is 5.35. The number of hydrogen-bond donors (Lipinski definition) is 2. The SMILES string of the molecule is CC.NC(=O)c1ccnc(Nc2ccc(N3CCOCC3)cc2)n1. The molecular formula is C17H23N5O2. The maximum Gasteiger partial charge on any atom is 0.267 e. The molecule has 24 heavy (non-hydrogen) atoms. The lowest BCUT2D eigenvalue weighted by molar-refractivity contribution is 0.0995. The highest BCUT2D eigenvalue weighted by Gasteiger charge is 2.11. The standard InChI is InChI=1S/C15H17N5O2.C2H6/c16-14(21)13-5-6-17-15(19-13)18-11-1-3-12(4-2-11)20-7-9-22-10-8-20;1-2/h1-6H,7-10H2,(H2,16,21)(H,17,18,19);1-2H3. The fourth-order valence-corrected chi connectivity index (χ4v) is 2.26. The summed E-state index contributed by atoms with van der Waals surface area (Å²) in [6, 6.07) is 9.45. The molecule has 1 aliphatic heterocycles. The molecule has 1 aromatic carbocycles. The molecular weight excluding hydrogens is 306 g/mol. The first-order chi connectivity index (χ1) is 11.7. The van der Waals surface area contributed by atoms with Crippen LogP contribution in [0.2, 0.25) is 0 Å². The number of anilines is 3. The maximum atomic E-state index is 11.1. The highest BCUT2D eigenvalue weighted by molar-refractivity contribution is 5.90. The summed E-state index contributed by atoms with van der Waals surface area (Å²) in [7, 11) is 0.